The van der Waals surface area contributed by atoms with Crippen LogP contribution in [0.3, 0.4) is 0 Å². The molecule has 0 aliphatic heterocycles. The van der Waals surface area contributed by atoms with E-state index in [2.05, 4.69) is 11.8 Å². The summed E-state index contributed by atoms with van der Waals surface area (Å²) >= 11 is 4.92. The molecule has 0 amide bonds. The second kappa shape index (κ2) is 8.35. The summed E-state index contributed by atoms with van der Waals surface area (Å²) in [6.07, 6.45) is 5.91. The fourth-order valence-corrected chi connectivity index (χ4v) is 2.63. The number of ether oxygens (including phenoxy) is 1. The summed E-state index contributed by atoms with van der Waals surface area (Å²) in [6, 6.07) is 8.88. The Labute approximate surface area is 133 Å². The average Bonchev–Trinajstić information content (AvgIpc) is 3.28. The minimum absolute atomic E-state index is 0.527. The highest BCUT2D eigenvalue weighted by atomic mass is 32.1. The Balaban J connectivity index is 1.73. The molecule has 0 spiro atoms. The molecule has 3 nitrogen and oxygen atoms in total. The first-order chi connectivity index (χ1) is 10.2. The minimum Gasteiger partial charge on any atom is -0.492 e. The number of hydrogen-bond donors (Lipinski definition) is 1. The third kappa shape index (κ3) is 6.02. The number of hydrogen-bond acceptors (Lipinski definition) is 3. The highest BCUT2D eigenvalue weighted by molar-refractivity contribution is 7.80. The van der Waals surface area contributed by atoms with Crippen LogP contribution in [0.25, 0.3) is 0 Å². The number of unbranched alkanes of at least 4 members (excludes halogenated alkanes) is 1. The molecule has 0 atom stereocenters. The van der Waals surface area contributed by atoms with Gasteiger partial charge in [0.25, 0.3) is 0 Å². The molecule has 0 bridgehead atoms. The van der Waals surface area contributed by atoms with Crippen LogP contribution in [0.4, 0.5) is 0 Å². The first-order valence-corrected chi connectivity index (χ1v) is 8.34. The zero-order chi connectivity index (χ0) is 15.1. The van der Waals surface area contributed by atoms with Crippen molar-refractivity contribution in [2.45, 2.75) is 45.1 Å². The maximum Gasteiger partial charge on any atom is 0.119 e. The van der Waals surface area contributed by atoms with Gasteiger partial charge in [-0.25, -0.2) is 0 Å². The summed E-state index contributed by atoms with van der Waals surface area (Å²) in [4.78, 5) is 3.10. The van der Waals surface area contributed by atoms with Gasteiger partial charge in [-0.3, -0.25) is 4.90 Å². The standard InChI is InChI=1S/C17H26N2OS/c1-2-3-10-19(15-6-7-15)11-12-20-16-8-4-14(5-9-16)13-17(18)21/h4-5,8-9,15H,2-3,6-7,10-13H2,1H3,(H2,18,21). The Hall–Kier alpha value is -1.13. The van der Waals surface area contributed by atoms with E-state index in [1.54, 1.807) is 0 Å². The SMILES string of the molecule is CCCCN(CCOc1ccc(CC(N)=S)cc1)C1CC1. The normalized spacial score (nSPS) is 14.4. The molecule has 21 heavy (non-hydrogen) atoms. The Morgan fingerprint density at radius 1 is 1.29 bits per heavy atom. The second-order valence-corrected chi connectivity index (χ2v) is 6.28. The molecular weight excluding hydrogens is 280 g/mol. The first-order valence-electron chi connectivity index (χ1n) is 7.93. The van der Waals surface area contributed by atoms with Crippen molar-refractivity contribution in [1.29, 1.82) is 0 Å². The predicted molar refractivity (Wildman–Crippen MR) is 91.9 cm³/mol. The molecule has 1 aromatic carbocycles. The Kier molecular flexibility index (Phi) is 6.46. The van der Waals surface area contributed by atoms with Crippen molar-refractivity contribution in [1.82, 2.24) is 4.90 Å². The molecular formula is C17H26N2OS. The van der Waals surface area contributed by atoms with E-state index in [1.807, 2.05) is 24.3 Å². The average molecular weight is 306 g/mol. The number of nitrogens with two attached hydrogens (primary N) is 1. The van der Waals surface area contributed by atoms with Crippen LogP contribution in [0, 0.1) is 0 Å². The number of nitrogens with zero attached hydrogens (tertiary/aromatic N) is 1. The van der Waals surface area contributed by atoms with Gasteiger partial charge >= 0.3 is 0 Å². The van der Waals surface area contributed by atoms with E-state index in [0.717, 1.165) is 30.5 Å². The second-order valence-electron chi connectivity index (χ2n) is 5.76. The summed E-state index contributed by atoms with van der Waals surface area (Å²) in [5.74, 6) is 0.924. The first kappa shape index (κ1) is 16.2. The van der Waals surface area contributed by atoms with Crippen LogP contribution in [-0.2, 0) is 6.42 Å². The third-order valence-corrected chi connectivity index (χ3v) is 3.96. The van der Waals surface area contributed by atoms with E-state index in [4.69, 9.17) is 22.7 Å². The van der Waals surface area contributed by atoms with Crippen LogP contribution < -0.4 is 10.5 Å². The lowest BCUT2D eigenvalue weighted by Crippen LogP contribution is -2.31. The van der Waals surface area contributed by atoms with Gasteiger partial charge in [-0.05, 0) is 43.5 Å². The van der Waals surface area contributed by atoms with E-state index < -0.39 is 0 Å². The van der Waals surface area contributed by atoms with Gasteiger partial charge in [0, 0.05) is 19.0 Å². The molecule has 1 aliphatic rings. The zero-order valence-corrected chi connectivity index (χ0v) is 13.7. The summed E-state index contributed by atoms with van der Waals surface area (Å²) < 4.78 is 5.85. The summed E-state index contributed by atoms with van der Waals surface area (Å²) in [6.45, 7) is 5.24. The lowest BCUT2D eigenvalue weighted by molar-refractivity contribution is 0.199. The largest absolute Gasteiger partial charge is 0.492 e. The monoisotopic (exact) mass is 306 g/mol. The molecule has 116 valence electrons. The lowest BCUT2D eigenvalue weighted by atomic mass is 10.1. The van der Waals surface area contributed by atoms with E-state index in [1.165, 1.54) is 32.2 Å². The van der Waals surface area contributed by atoms with Gasteiger partial charge in [0.05, 0.1) is 4.99 Å². The zero-order valence-electron chi connectivity index (χ0n) is 12.9. The number of thiocarbonyl (C=S) groups is 1. The maximum atomic E-state index is 5.85. The molecule has 1 fully saturated rings. The summed E-state index contributed by atoms with van der Waals surface area (Å²) in [5.41, 5.74) is 6.68. The van der Waals surface area contributed by atoms with E-state index in [0.29, 0.717) is 11.4 Å². The smallest absolute Gasteiger partial charge is 0.119 e. The fourth-order valence-electron chi connectivity index (χ4n) is 2.46. The minimum atomic E-state index is 0.527. The lowest BCUT2D eigenvalue weighted by Gasteiger charge is -2.21. The van der Waals surface area contributed by atoms with Gasteiger partial charge in [-0.2, -0.15) is 0 Å². The molecule has 0 unspecified atom stereocenters. The van der Waals surface area contributed by atoms with Crippen molar-refractivity contribution in [2.75, 3.05) is 19.7 Å². The maximum absolute atomic E-state index is 5.85. The molecule has 1 aliphatic carbocycles. The highest BCUT2D eigenvalue weighted by Crippen LogP contribution is 2.26. The molecule has 4 heteroatoms. The number of rotatable bonds is 10. The van der Waals surface area contributed by atoms with Crippen LogP contribution >= 0.6 is 12.2 Å². The van der Waals surface area contributed by atoms with Gasteiger partial charge in [0.2, 0.25) is 0 Å². The molecule has 2 rings (SSSR count). The van der Waals surface area contributed by atoms with Crippen molar-refractivity contribution in [2.24, 2.45) is 5.73 Å². The van der Waals surface area contributed by atoms with Crippen LogP contribution in [0.1, 0.15) is 38.2 Å². The van der Waals surface area contributed by atoms with E-state index in [9.17, 15) is 0 Å². The highest BCUT2D eigenvalue weighted by Gasteiger charge is 2.27. The fraction of sp³-hybridized carbons (Fsp3) is 0.588. The quantitative estimate of drug-likeness (QED) is 0.674. The Bertz CT molecular complexity index is 443. The van der Waals surface area contributed by atoms with Crippen molar-refractivity contribution in [3.05, 3.63) is 29.8 Å². The van der Waals surface area contributed by atoms with Gasteiger partial charge in [-0.1, -0.05) is 37.7 Å². The summed E-state index contributed by atoms with van der Waals surface area (Å²) in [5, 5.41) is 0. The predicted octanol–water partition coefficient (Wildman–Crippen LogP) is 3.16. The van der Waals surface area contributed by atoms with Gasteiger partial charge in [0.1, 0.15) is 12.4 Å². The summed E-state index contributed by atoms with van der Waals surface area (Å²) in [7, 11) is 0. The van der Waals surface area contributed by atoms with Crippen LogP contribution in [0.2, 0.25) is 0 Å². The van der Waals surface area contributed by atoms with Crippen LogP contribution in [0.5, 0.6) is 5.75 Å². The Morgan fingerprint density at radius 2 is 2.00 bits per heavy atom. The van der Waals surface area contributed by atoms with E-state index in [-0.39, 0.29) is 0 Å². The topological polar surface area (TPSA) is 38.5 Å². The Morgan fingerprint density at radius 3 is 2.57 bits per heavy atom. The molecule has 1 aromatic rings. The molecule has 0 aromatic heterocycles. The van der Waals surface area contributed by atoms with Gasteiger partial charge in [-0.15, -0.1) is 0 Å². The van der Waals surface area contributed by atoms with Crippen molar-refractivity contribution in [3.63, 3.8) is 0 Å². The van der Waals surface area contributed by atoms with Crippen molar-refractivity contribution in [3.8, 4) is 5.75 Å². The molecule has 0 radical (unpaired) electrons. The van der Waals surface area contributed by atoms with Gasteiger partial charge in [0.15, 0.2) is 0 Å². The molecule has 0 saturated heterocycles. The van der Waals surface area contributed by atoms with Crippen LogP contribution in [-0.4, -0.2) is 35.6 Å². The van der Waals surface area contributed by atoms with Crippen LogP contribution in [0.15, 0.2) is 24.3 Å². The molecule has 1 saturated carbocycles. The van der Waals surface area contributed by atoms with E-state index >= 15 is 0 Å². The molecule has 2 N–H and O–H groups in total. The van der Waals surface area contributed by atoms with Gasteiger partial charge < -0.3 is 10.5 Å². The number of benzene rings is 1. The third-order valence-electron chi connectivity index (χ3n) is 3.81. The van der Waals surface area contributed by atoms with Crippen molar-refractivity contribution >= 4 is 17.2 Å². The molecule has 0 heterocycles. The van der Waals surface area contributed by atoms with Crippen molar-refractivity contribution < 1.29 is 4.74 Å².